The van der Waals surface area contributed by atoms with Gasteiger partial charge in [-0.15, -0.1) is 0 Å². The Bertz CT molecular complexity index is 365. The lowest BCUT2D eigenvalue weighted by atomic mass is 10.1. The van der Waals surface area contributed by atoms with Crippen molar-refractivity contribution in [2.75, 3.05) is 33.3 Å². The van der Waals surface area contributed by atoms with E-state index in [4.69, 9.17) is 4.74 Å². The smallest absolute Gasteiger partial charge is 0.0949 e. The highest BCUT2D eigenvalue weighted by atomic mass is 16.5. The summed E-state index contributed by atoms with van der Waals surface area (Å²) in [5.41, 5.74) is 1.27. The molecule has 1 saturated carbocycles. The Hall–Kier alpha value is -0.900. The van der Waals surface area contributed by atoms with E-state index in [9.17, 15) is 0 Å². The zero-order chi connectivity index (χ0) is 14.2. The van der Waals surface area contributed by atoms with Gasteiger partial charge in [0.05, 0.1) is 12.7 Å². The molecule has 1 N–H and O–H groups in total. The average Bonchev–Trinajstić information content (AvgIpc) is 3.31. The minimum Gasteiger partial charge on any atom is -0.371 e. The summed E-state index contributed by atoms with van der Waals surface area (Å²) < 4.78 is 6.12. The molecule has 2 rings (SSSR count). The van der Waals surface area contributed by atoms with Gasteiger partial charge in [0.1, 0.15) is 0 Å². The van der Waals surface area contributed by atoms with Crippen LogP contribution in [0.5, 0.6) is 0 Å². The molecule has 0 heterocycles. The zero-order valence-electron chi connectivity index (χ0n) is 12.8. The fourth-order valence-corrected chi connectivity index (χ4v) is 2.39. The van der Waals surface area contributed by atoms with Gasteiger partial charge in [-0.1, -0.05) is 37.3 Å². The van der Waals surface area contributed by atoms with Gasteiger partial charge < -0.3 is 15.0 Å². The van der Waals surface area contributed by atoms with Gasteiger partial charge in [-0.3, -0.25) is 0 Å². The van der Waals surface area contributed by atoms with Crippen molar-refractivity contribution in [3.05, 3.63) is 35.9 Å². The van der Waals surface area contributed by atoms with Crippen molar-refractivity contribution < 1.29 is 4.74 Å². The van der Waals surface area contributed by atoms with Crippen LogP contribution in [0.15, 0.2) is 30.3 Å². The Balaban J connectivity index is 1.78. The van der Waals surface area contributed by atoms with Crippen LogP contribution < -0.4 is 5.32 Å². The normalized spacial score (nSPS) is 16.6. The van der Waals surface area contributed by atoms with E-state index in [1.54, 1.807) is 0 Å². The number of rotatable bonds is 10. The molecule has 1 aromatic carbocycles. The molecule has 112 valence electrons. The van der Waals surface area contributed by atoms with E-state index in [1.807, 2.05) is 0 Å². The topological polar surface area (TPSA) is 24.5 Å². The molecule has 0 amide bonds. The Kier molecular flexibility index (Phi) is 6.51. The van der Waals surface area contributed by atoms with Gasteiger partial charge in [0.2, 0.25) is 0 Å². The second-order valence-corrected chi connectivity index (χ2v) is 5.69. The van der Waals surface area contributed by atoms with Crippen LogP contribution in [0, 0.1) is 0 Å². The molecule has 0 spiro atoms. The molecule has 0 aromatic heterocycles. The summed E-state index contributed by atoms with van der Waals surface area (Å²) in [6, 6.07) is 11.4. The van der Waals surface area contributed by atoms with Crippen LogP contribution in [0.3, 0.4) is 0 Å². The molecule has 1 aliphatic carbocycles. The Labute approximate surface area is 123 Å². The first-order valence-electron chi connectivity index (χ1n) is 7.88. The lowest BCUT2D eigenvalue weighted by molar-refractivity contribution is 0.0395. The molecule has 3 heteroatoms. The molecular formula is C17H28N2O. The molecule has 1 unspecified atom stereocenters. The summed E-state index contributed by atoms with van der Waals surface area (Å²) in [4.78, 5) is 2.42. The third-order valence-electron chi connectivity index (χ3n) is 3.86. The number of likely N-dealkylation sites (N-methyl/N-ethyl adjacent to an activating group) is 1. The Morgan fingerprint density at radius 3 is 2.70 bits per heavy atom. The largest absolute Gasteiger partial charge is 0.371 e. The molecular weight excluding hydrogens is 248 g/mol. The number of nitrogens with zero attached hydrogens (tertiary/aromatic N) is 1. The second-order valence-electron chi connectivity index (χ2n) is 5.69. The number of hydrogen-bond acceptors (Lipinski definition) is 3. The minimum atomic E-state index is 0.162. The molecule has 1 fully saturated rings. The average molecular weight is 276 g/mol. The summed E-state index contributed by atoms with van der Waals surface area (Å²) in [5, 5.41) is 3.47. The van der Waals surface area contributed by atoms with Gasteiger partial charge in [0.25, 0.3) is 0 Å². The molecule has 0 saturated heterocycles. The van der Waals surface area contributed by atoms with Crippen molar-refractivity contribution in [1.29, 1.82) is 0 Å². The number of ether oxygens (including phenoxy) is 1. The van der Waals surface area contributed by atoms with Gasteiger partial charge in [-0.2, -0.15) is 0 Å². The Morgan fingerprint density at radius 2 is 2.05 bits per heavy atom. The molecule has 1 aliphatic rings. The van der Waals surface area contributed by atoms with E-state index in [1.165, 1.54) is 18.4 Å². The fraction of sp³-hybridized carbons (Fsp3) is 0.647. The maximum absolute atomic E-state index is 6.12. The number of benzene rings is 1. The molecule has 0 bridgehead atoms. The standard InChI is InChI=1S/C17H28N2O/c1-3-11-18-14-17(15-7-5-4-6-8-15)20-13-12-19(2)16-9-10-16/h4-8,16-18H,3,9-14H2,1-2H3. The van der Waals surface area contributed by atoms with Crippen LogP contribution in [0.25, 0.3) is 0 Å². The van der Waals surface area contributed by atoms with Crippen molar-refractivity contribution in [3.8, 4) is 0 Å². The first-order valence-corrected chi connectivity index (χ1v) is 7.88. The van der Waals surface area contributed by atoms with E-state index in [0.717, 1.165) is 38.7 Å². The monoisotopic (exact) mass is 276 g/mol. The molecule has 3 nitrogen and oxygen atoms in total. The maximum atomic E-state index is 6.12. The van der Waals surface area contributed by atoms with Crippen LogP contribution >= 0.6 is 0 Å². The van der Waals surface area contributed by atoms with E-state index in [0.29, 0.717) is 0 Å². The van der Waals surface area contributed by atoms with Crippen molar-refractivity contribution in [2.24, 2.45) is 0 Å². The summed E-state index contributed by atoms with van der Waals surface area (Å²) in [7, 11) is 2.20. The van der Waals surface area contributed by atoms with Crippen molar-refractivity contribution in [3.63, 3.8) is 0 Å². The fourth-order valence-electron chi connectivity index (χ4n) is 2.39. The highest BCUT2D eigenvalue weighted by Crippen LogP contribution is 2.25. The highest BCUT2D eigenvalue weighted by molar-refractivity contribution is 5.17. The Morgan fingerprint density at radius 1 is 1.30 bits per heavy atom. The third-order valence-corrected chi connectivity index (χ3v) is 3.86. The maximum Gasteiger partial charge on any atom is 0.0949 e. The third kappa shape index (κ3) is 5.23. The van der Waals surface area contributed by atoms with Gasteiger partial charge in [0.15, 0.2) is 0 Å². The highest BCUT2D eigenvalue weighted by Gasteiger charge is 2.25. The van der Waals surface area contributed by atoms with E-state index in [2.05, 4.69) is 54.5 Å². The summed E-state index contributed by atoms with van der Waals surface area (Å²) in [6.07, 6.45) is 4.04. The second kappa shape index (κ2) is 8.40. The minimum absolute atomic E-state index is 0.162. The number of hydrogen-bond donors (Lipinski definition) is 1. The summed E-state index contributed by atoms with van der Waals surface area (Å²) >= 11 is 0. The predicted octanol–water partition coefficient (Wildman–Crippen LogP) is 2.84. The van der Waals surface area contributed by atoms with Crippen LogP contribution in [0.1, 0.15) is 37.9 Å². The van der Waals surface area contributed by atoms with Crippen molar-refractivity contribution >= 4 is 0 Å². The molecule has 1 aromatic rings. The van der Waals surface area contributed by atoms with Gasteiger partial charge >= 0.3 is 0 Å². The molecule has 20 heavy (non-hydrogen) atoms. The van der Waals surface area contributed by atoms with Crippen LogP contribution in [0.4, 0.5) is 0 Å². The lowest BCUT2D eigenvalue weighted by Crippen LogP contribution is -2.29. The van der Waals surface area contributed by atoms with Crippen molar-refractivity contribution in [1.82, 2.24) is 10.2 Å². The van der Waals surface area contributed by atoms with E-state index in [-0.39, 0.29) is 6.10 Å². The summed E-state index contributed by atoms with van der Waals surface area (Å²) in [6.45, 7) is 5.97. The zero-order valence-corrected chi connectivity index (χ0v) is 12.8. The molecule has 1 atom stereocenters. The van der Waals surface area contributed by atoms with Crippen molar-refractivity contribution in [2.45, 2.75) is 38.3 Å². The lowest BCUT2D eigenvalue weighted by Gasteiger charge is -2.21. The van der Waals surface area contributed by atoms with E-state index < -0.39 is 0 Å². The van der Waals surface area contributed by atoms with Gasteiger partial charge in [-0.25, -0.2) is 0 Å². The number of nitrogens with one attached hydrogen (secondary N) is 1. The van der Waals surface area contributed by atoms with Crippen LogP contribution in [-0.2, 0) is 4.74 Å². The first kappa shape index (κ1) is 15.5. The SMILES string of the molecule is CCCNCC(OCCN(C)C1CC1)c1ccccc1. The van der Waals surface area contributed by atoms with Crippen LogP contribution in [0.2, 0.25) is 0 Å². The molecule has 0 radical (unpaired) electrons. The predicted molar refractivity (Wildman–Crippen MR) is 83.9 cm³/mol. The quantitative estimate of drug-likeness (QED) is 0.665. The van der Waals surface area contributed by atoms with E-state index >= 15 is 0 Å². The van der Waals surface area contributed by atoms with Gasteiger partial charge in [-0.05, 0) is 38.4 Å². The molecule has 0 aliphatic heterocycles. The van der Waals surface area contributed by atoms with Gasteiger partial charge in [0, 0.05) is 19.1 Å². The summed E-state index contributed by atoms with van der Waals surface area (Å²) in [5.74, 6) is 0. The first-order chi connectivity index (χ1) is 9.81. The van der Waals surface area contributed by atoms with Crippen LogP contribution in [-0.4, -0.2) is 44.2 Å².